The molecule has 1 unspecified atom stereocenters. The maximum Gasteiger partial charge on any atom is 0.119 e. The molecule has 1 N–H and O–H groups in total. The molecular weight excluding hydrogens is 224 g/mol. The zero-order chi connectivity index (χ0) is 13.2. The van der Waals surface area contributed by atoms with Crippen LogP contribution in [0.5, 0.6) is 5.75 Å². The molecule has 1 aromatic rings. The number of nitrogens with zero attached hydrogens (tertiary/aromatic N) is 1. The summed E-state index contributed by atoms with van der Waals surface area (Å²) in [4.78, 5) is 2.43. The van der Waals surface area contributed by atoms with Crippen LogP contribution in [0.25, 0.3) is 0 Å². The normalized spacial score (nSPS) is 22.4. The summed E-state index contributed by atoms with van der Waals surface area (Å²) in [5.74, 6) is 0.936. The fraction of sp³-hybridized carbons (Fsp3) is 0.600. The van der Waals surface area contributed by atoms with Crippen LogP contribution in [0.2, 0.25) is 0 Å². The number of nitrogens with one attached hydrogen (secondary N) is 1. The van der Waals surface area contributed by atoms with Gasteiger partial charge in [-0.25, -0.2) is 0 Å². The van der Waals surface area contributed by atoms with Gasteiger partial charge in [-0.15, -0.1) is 0 Å². The van der Waals surface area contributed by atoms with Crippen LogP contribution in [0.15, 0.2) is 24.3 Å². The van der Waals surface area contributed by atoms with Gasteiger partial charge in [0.2, 0.25) is 0 Å². The third kappa shape index (κ3) is 3.24. The van der Waals surface area contributed by atoms with E-state index in [1.165, 1.54) is 12.0 Å². The molecule has 3 nitrogen and oxygen atoms in total. The van der Waals surface area contributed by atoms with Crippen molar-refractivity contribution in [2.75, 3.05) is 20.7 Å². The number of benzene rings is 1. The zero-order valence-corrected chi connectivity index (χ0v) is 11.9. The summed E-state index contributed by atoms with van der Waals surface area (Å²) in [7, 11) is 3.92. The molecule has 0 radical (unpaired) electrons. The fourth-order valence-corrected chi connectivity index (χ4v) is 2.63. The Morgan fingerprint density at radius 2 is 2.22 bits per heavy atom. The zero-order valence-electron chi connectivity index (χ0n) is 11.9. The summed E-state index contributed by atoms with van der Waals surface area (Å²) < 4.78 is 5.26. The van der Waals surface area contributed by atoms with Gasteiger partial charge in [0.05, 0.1) is 7.11 Å². The molecule has 1 fully saturated rings. The molecule has 0 saturated carbocycles. The van der Waals surface area contributed by atoms with E-state index in [2.05, 4.69) is 49.3 Å². The molecule has 0 bridgehead atoms. The van der Waals surface area contributed by atoms with Gasteiger partial charge in [0.15, 0.2) is 0 Å². The topological polar surface area (TPSA) is 24.5 Å². The van der Waals surface area contributed by atoms with Crippen LogP contribution in [-0.4, -0.2) is 37.2 Å². The average Bonchev–Trinajstić information content (AvgIpc) is 2.70. The lowest BCUT2D eigenvalue weighted by atomic mass is 10.0. The highest BCUT2D eigenvalue weighted by Gasteiger charge is 2.32. The molecule has 1 saturated heterocycles. The third-order valence-corrected chi connectivity index (χ3v) is 3.75. The van der Waals surface area contributed by atoms with E-state index in [-0.39, 0.29) is 5.54 Å². The molecule has 0 amide bonds. The minimum absolute atomic E-state index is 0.271. The van der Waals surface area contributed by atoms with Crippen molar-refractivity contribution in [3.63, 3.8) is 0 Å². The predicted molar refractivity (Wildman–Crippen MR) is 74.9 cm³/mol. The summed E-state index contributed by atoms with van der Waals surface area (Å²) >= 11 is 0. The van der Waals surface area contributed by atoms with Gasteiger partial charge < -0.3 is 10.1 Å². The highest BCUT2D eigenvalue weighted by molar-refractivity contribution is 5.28. The summed E-state index contributed by atoms with van der Waals surface area (Å²) in [6.45, 7) is 6.59. The average molecular weight is 248 g/mol. The van der Waals surface area contributed by atoms with Crippen LogP contribution in [0, 0.1) is 0 Å². The SMILES string of the molecule is COc1cccc(CN(C)C2CNC(C)(C)C2)c1. The number of likely N-dealkylation sites (N-methyl/N-ethyl adjacent to an activating group) is 1. The molecule has 0 spiro atoms. The molecule has 1 heterocycles. The Bertz CT molecular complexity index is 403. The van der Waals surface area contributed by atoms with Crippen molar-refractivity contribution in [2.24, 2.45) is 0 Å². The Morgan fingerprint density at radius 1 is 1.44 bits per heavy atom. The summed E-state index contributed by atoms with van der Waals surface area (Å²) in [5.41, 5.74) is 1.58. The molecule has 1 aromatic carbocycles. The highest BCUT2D eigenvalue weighted by atomic mass is 16.5. The van der Waals surface area contributed by atoms with Gasteiger partial charge in [-0.1, -0.05) is 12.1 Å². The second-order valence-corrected chi connectivity index (χ2v) is 5.89. The van der Waals surface area contributed by atoms with Crippen molar-refractivity contribution in [1.82, 2.24) is 10.2 Å². The van der Waals surface area contributed by atoms with E-state index in [0.717, 1.165) is 18.8 Å². The van der Waals surface area contributed by atoms with Crippen LogP contribution < -0.4 is 10.1 Å². The van der Waals surface area contributed by atoms with E-state index in [9.17, 15) is 0 Å². The molecule has 2 rings (SSSR count). The minimum Gasteiger partial charge on any atom is -0.497 e. The van der Waals surface area contributed by atoms with Crippen LogP contribution in [-0.2, 0) is 6.54 Å². The van der Waals surface area contributed by atoms with E-state index < -0.39 is 0 Å². The van der Waals surface area contributed by atoms with E-state index >= 15 is 0 Å². The maximum atomic E-state index is 5.26. The number of hydrogen-bond acceptors (Lipinski definition) is 3. The van der Waals surface area contributed by atoms with Crippen LogP contribution in [0.3, 0.4) is 0 Å². The Kier molecular flexibility index (Phi) is 3.93. The van der Waals surface area contributed by atoms with Gasteiger partial charge >= 0.3 is 0 Å². The van der Waals surface area contributed by atoms with Crippen LogP contribution in [0.1, 0.15) is 25.8 Å². The maximum absolute atomic E-state index is 5.26. The molecule has 0 aliphatic carbocycles. The Morgan fingerprint density at radius 3 is 2.83 bits per heavy atom. The van der Waals surface area contributed by atoms with E-state index in [0.29, 0.717) is 6.04 Å². The standard InChI is InChI=1S/C15H24N2O/c1-15(2)9-13(10-16-15)17(3)11-12-6-5-7-14(8-12)18-4/h5-8,13,16H,9-11H2,1-4H3. The molecule has 1 aliphatic rings. The molecule has 3 heteroatoms. The number of rotatable bonds is 4. The van der Waals surface area contributed by atoms with Crippen molar-refractivity contribution in [3.05, 3.63) is 29.8 Å². The first-order chi connectivity index (χ1) is 8.50. The second-order valence-electron chi connectivity index (χ2n) is 5.89. The molecule has 1 aliphatic heterocycles. The molecule has 1 atom stereocenters. The lowest BCUT2D eigenvalue weighted by molar-refractivity contribution is 0.240. The van der Waals surface area contributed by atoms with E-state index in [4.69, 9.17) is 4.74 Å². The van der Waals surface area contributed by atoms with Gasteiger partial charge in [-0.2, -0.15) is 0 Å². The first kappa shape index (κ1) is 13.4. The largest absolute Gasteiger partial charge is 0.497 e. The van der Waals surface area contributed by atoms with E-state index in [1.54, 1.807) is 7.11 Å². The van der Waals surface area contributed by atoms with Crippen molar-refractivity contribution in [1.29, 1.82) is 0 Å². The predicted octanol–water partition coefficient (Wildman–Crippen LogP) is 2.27. The lowest BCUT2D eigenvalue weighted by Gasteiger charge is -2.25. The number of ether oxygens (including phenoxy) is 1. The Labute approximate surface area is 110 Å². The van der Waals surface area contributed by atoms with Gasteiger partial charge in [-0.3, -0.25) is 4.90 Å². The second kappa shape index (κ2) is 5.29. The molecule has 18 heavy (non-hydrogen) atoms. The fourth-order valence-electron chi connectivity index (χ4n) is 2.63. The summed E-state index contributed by atoms with van der Waals surface area (Å²) in [6.07, 6.45) is 1.20. The highest BCUT2D eigenvalue weighted by Crippen LogP contribution is 2.23. The third-order valence-electron chi connectivity index (χ3n) is 3.75. The van der Waals surface area contributed by atoms with Gasteiger partial charge in [0, 0.05) is 24.7 Å². The van der Waals surface area contributed by atoms with E-state index in [1.807, 2.05) is 6.07 Å². The summed E-state index contributed by atoms with van der Waals surface area (Å²) in [6, 6.07) is 8.94. The van der Waals surface area contributed by atoms with Gasteiger partial charge in [0.1, 0.15) is 5.75 Å². The molecule has 0 aromatic heterocycles. The Hall–Kier alpha value is -1.06. The van der Waals surface area contributed by atoms with Crippen molar-refractivity contribution >= 4 is 0 Å². The Balaban J connectivity index is 1.96. The van der Waals surface area contributed by atoms with Crippen LogP contribution >= 0.6 is 0 Å². The molecule has 100 valence electrons. The number of methoxy groups -OCH3 is 1. The number of hydrogen-bond donors (Lipinski definition) is 1. The van der Waals surface area contributed by atoms with Gasteiger partial charge in [0.25, 0.3) is 0 Å². The van der Waals surface area contributed by atoms with Gasteiger partial charge in [-0.05, 0) is 45.0 Å². The van der Waals surface area contributed by atoms with Crippen molar-refractivity contribution < 1.29 is 4.74 Å². The smallest absolute Gasteiger partial charge is 0.119 e. The summed E-state index contributed by atoms with van der Waals surface area (Å²) in [5, 5.41) is 3.57. The first-order valence-corrected chi connectivity index (χ1v) is 6.58. The monoisotopic (exact) mass is 248 g/mol. The first-order valence-electron chi connectivity index (χ1n) is 6.58. The minimum atomic E-state index is 0.271. The quantitative estimate of drug-likeness (QED) is 0.884. The van der Waals surface area contributed by atoms with Crippen molar-refractivity contribution in [2.45, 2.75) is 38.4 Å². The van der Waals surface area contributed by atoms with Crippen molar-refractivity contribution in [3.8, 4) is 5.75 Å². The lowest BCUT2D eigenvalue weighted by Crippen LogP contribution is -2.32. The molecular formula is C15H24N2O. The van der Waals surface area contributed by atoms with Crippen LogP contribution in [0.4, 0.5) is 0 Å².